The molecule has 0 atom stereocenters. The average Bonchev–Trinajstić information content (AvgIpc) is 2.67. The van der Waals surface area contributed by atoms with Gasteiger partial charge in [-0.2, -0.15) is 0 Å². The van der Waals surface area contributed by atoms with E-state index >= 15 is 0 Å². The van der Waals surface area contributed by atoms with E-state index in [1.54, 1.807) is 18.5 Å². The predicted molar refractivity (Wildman–Crippen MR) is 45.3 cm³/mol. The standard InChI is InChI=1S/C7H7N5O/c8-10-7-12-11-6(13-7)5-2-1-3-9-4-5/h1-4H,8H2,(H,10,12). The molecule has 3 N–H and O–H groups in total. The third kappa shape index (κ3) is 1.47. The summed E-state index contributed by atoms with van der Waals surface area (Å²) in [5, 5.41) is 7.39. The monoisotopic (exact) mass is 177 g/mol. The summed E-state index contributed by atoms with van der Waals surface area (Å²) in [4.78, 5) is 3.92. The van der Waals surface area contributed by atoms with Gasteiger partial charge in [-0.1, -0.05) is 5.10 Å². The zero-order valence-electron chi connectivity index (χ0n) is 6.64. The molecule has 2 aromatic heterocycles. The van der Waals surface area contributed by atoms with Gasteiger partial charge in [0.2, 0.25) is 0 Å². The SMILES string of the molecule is NNc1nnc(-c2cccnc2)o1. The van der Waals surface area contributed by atoms with Crippen molar-refractivity contribution in [2.45, 2.75) is 0 Å². The van der Waals surface area contributed by atoms with E-state index in [2.05, 4.69) is 20.6 Å². The van der Waals surface area contributed by atoms with Crippen LogP contribution in [0.15, 0.2) is 28.9 Å². The number of rotatable bonds is 2. The fraction of sp³-hybridized carbons (Fsp3) is 0. The summed E-state index contributed by atoms with van der Waals surface area (Å²) < 4.78 is 5.12. The fourth-order valence-corrected chi connectivity index (χ4v) is 0.887. The van der Waals surface area contributed by atoms with Crippen molar-refractivity contribution in [1.29, 1.82) is 0 Å². The predicted octanol–water partition coefficient (Wildman–Crippen LogP) is 0.417. The average molecular weight is 177 g/mol. The van der Waals surface area contributed by atoms with Crippen molar-refractivity contribution in [3.8, 4) is 11.5 Å². The molecule has 0 bridgehead atoms. The van der Waals surface area contributed by atoms with Crippen LogP contribution in [-0.4, -0.2) is 15.2 Å². The first-order chi connectivity index (χ1) is 6.40. The molecule has 2 rings (SSSR count). The first-order valence-corrected chi connectivity index (χ1v) is 3.60. The van der Waals surface area contributed by atoms with Crippen LogP contribution in [0, 0.1) is 0 Å². The number of hydrogen-bond acceptors (Lipinski definition) is 6. The number of hydrogen-bond donors (Lipinski definition) is 2. The Hall–Kier alpha value is -1.95. The molecule has 6 heteroatoms. The first-order valence-electron chi connectivity index (χ1n) is 3.60. The lowest BCUT2D eigenvalue weighted by molar-refractivity contribution is 0.582. The Bertz CT molecular complexity index is 385. The maximum atomic E-state index is 5.12. The highest BCUT2D eigenvalue weighted by Gasteiger charge is 2.05. The summed E-state index contributed by atoms with van der Waals surface area (Å²) in [6.07, 6.45) is 3.30. The summed E-state index contributed by atoms with van der Waals surface area (Å²) in [5.41, 5.74) is 3.02. The van der Waals surface area contributed by atoms with Crippen molar-refractivity contribution in [3.05, 3.63) is 24.5 Å². The van der Waals surface area contributed by atoms with Gasteiger partial charge < -0.3 is 4.42 Å². The highest BCUT2D eigenvalue weighted by atomic mass is 16.4. The van der Waals surface area contributed by atoms with Crippen LogP contribution in [0.5, 0.6) is 0 Å². The number of anilines is 1. The van der Waals surface area contributed by atoms with Crippen LogP contribution in [0.4, 0.5) is 6.01 Å². The van der Waals surface area contributed by atoms with Gasteiger partial charge in [-0.05, 0) is 12.1 Å². The Morgan fingerprint density at radius 1 is 1.38 bits per heavy atom. The van der Waals surface area contributed by atoms with Gasteiger partial charge in [0.05, 0.1) is 5.56 Å². The minimum absolute atomic E-state index is 0.179. The molecule has 0 saturated carbocycles. The quantitative estimate of drug-likeness (QED) is 0.510. The van der Waals surface area contributed by atoms with Gasteiger partial charge >= 0.3 is 6.01 Å². The van der Waals surface area contributed by atoms with E-state index in [9.17, 15) is 0 Å². The lowest BCUT2D eigenvalue weighted by Crippen LogP contribution is -2.06. The summed E-state index contributed by atoms with van der Waals surface area (Å²) in [7, 11) is 0. The van der Waals surface area contributed by atoms with Crippen molar-refractivity contribution in [2.75, 3.05) is 5.43 Å². The van der Waals surface area contributed by atoms with E-state index in [0.717, 1.165) is 5.56 Å². The van der Waals surface area contributed by atoms with Crippen molar-refractivity contribution in [3.63, 3.8) is 0 Å². The molecular formula is C7H7N5O. The summed E-state index contributed by atoms with van der Waals surface area (Å²) in [6, 6.07) is 3.79. The summed E-state index contributed by atoms with van der Waals surface area (Å²) in [5.74, 6) is 5.47. The third-order valence-corrected chi connectivity index (χ3v) is 1.46. The lowest BCUT2D eigenvalue weighted by atomic mass is 10.3. The number of pyridine rings is 1. The highest BCUT2D eigenvalue weighted by molar-refractivity contribution is 5.51. The number of nitrogens with two attached hydrogens (primary N) is 1. The second-order valence-corrected chi connectivity index (χ2v) is 2.30. The van der Waals surface area contributed by atoms with Crippen molar-refractivity contribution in [2.24, 2.45) is 5.84 Å². The number of aromatic nitrogens is 3. The van der Waals surface area contributed by atoms with Crippen LogP contribution in [0.25, 0.3) is 11.5 Å². The molecule has 6 nitrogen and oxygen atoms in total. The van der Waals surface area contributed by atoms with Gasteiger partial charge in [0.1, 0.15) is 0 Å². The second-order valence-electron chi connectivity index (χ2n) is 2.30. The molecule has 0 aliphatic rings. The van der Waals surface area contributed by atoms with Crippen molar-refractivity contribution < 1.29 is 4.42 Å². The van der Waals surface area contributed by atoms with E-state index in [4.69, 9.17) is 10.3 Å². The van der Waals surface area contributed by atoms with E-state index in [0.29, 0.717) is 5.89 Å². The van der Waals surface area contributed by atoms with Crippen molar-refractivity contribution in [1.82, 2.24) is 15.2 Å². The molecule has 2 aromatic rings. The Labute approximate surface area is 73.8 Å². The molecule has 0 spiro atoms. The van der Waals surface area contributed by atoms with Gasteiger partial charge in [0.15, 0.2) is 0 Å². The smallest absolute Gasteiger partial charge is 0.330 e. The van der Waals surface area contributed by atoms with Gasteiger partial charge in [0.25, 0.3) is 5.89 Å². The zero-order valence-corrected chi connectivity index (χ0v) is 6.64. The second kappa shape index (κ2) is 3.20. The Morgan fingerprint density at radius 3 is 2.92 bits per heavy atom. The fourth-order valence-electron chi connectivity index (χ4n) is 0.887. The van der Waals surface area contributed by atoms with Crippen LogP contribution in [0.1, 0.15) is 0 Å². The topological polar surface area (TPSA) is 89.9 Å². The summed E-state index contributed by atoms with van der Waals surface area (Å²) in [6.45, 7) is 0. The van der Waals surface area contributed by atoms with Crippen LogP contribution in [-0.2, 0) is 0 Å². The van der Waals surface area contributed by atoms with E-state index in [-0.39, 0.29) is 6.01 Å². The minimum Gasteiger partial charge on any atom is -0.402 e. The maximum absolute atomic E-state index is 5.12. The van der Waals surface area contributed by atoms with Crippen LogP contribution >= 0.6 is 0 Å². The molecule has 0 saturated heterocycles. The molecule has 2 heterocycles. The zero-order chi connectivity index (χ0) is 9.10. The lowest BCUT2D eigenvalue weighted by Gasteiger charge is -1.90. The molecule has 0 unspecified atom stereocenters. The van der Waals surface area contributed by atoms with Crippen molar-refractivity contribution >= 4 is 6.01 Å². The molecule has 0 radical (unpaired) electrons. The van der Waals surface area contributed by atoms with Crippen LogP contribution in [0.2, 0.25) is 0 Å². The largest absolute Gasteiger partial charge is 0.402 e. The molecule has 0 aromatic carbocycles. The Morgan fingerprint density at radius 2 is 2.31 bits per heavy atom. The van der Waals surface area contributed by atoms with E-state index in [1.165, 1.54) is 0 Å². The maximum Gasteiger partial charge on any atom is 0.330 e. The first kappa shape index (κ1) is 7.69. The molecule has 0 amide bonds. The van der Waals surface area contributed by atoms with Gasteiger partial charge in [-0.25, -0.2) is 5.84 Å². The molecular weight excluding hydrogens is 170 g/mol. The number of hydrazine groups is 1. The number of nitrogen functional groups attached to an aromatic ring is 1. The van der Waals surface area contributed by atoms with Gasteiger partial charge in [0, 0.05) is 12.4 Å². The molecule has 0 aliphatic heterocycles. The van der Waals surface area contributed by atoms with E-state index in [1.807, 2.05) is 6.07 Å². The van der Waals surface area contributed by atoms with E-state index < -0.39 is 0 Å². The third-order valence-electron chi connectivity index (χ3n) is 1.46. The highest BCUT2D eigenvalue weighted by Crippen LogP contribution is 2.17. The van der Waals surface area contributed by atoms with Gasteiger partial charge in [-0.15, -0.1) is 5.10 Å². The minimum atomic E-state index is 0.179. The molecule has 13 heavy (non-hydrogen) atoms. The van der Waals surface area contributed by atoms with Gasteiger partial charge in [-0.3, -0.25) is 10.4 Å². The summed E-state index contributed by atoms with van der Waals surface area (Å²) >= 11 is 0. The number of nitrogens with one attached hydrogen (secondary N) is 1. The van der Waals surface area contributed by atoms with Crippen LogP contribution < -0.4 is 11.3 Å². The Balaban J connectivity index is 2.36. The number of nitrogens with zero attached hydrogens (tertiary/aromatic N) is 3. The normalized spacial score (nSPS) is 9.92. The van der Waals surface area contributed by atoms with Crippen LogP contribution in [0.3, 0.4) is 0 Å². The molecule has 0 aliphatic carbocycles. The Kier molecular flexibility index (Phi) is 1.89. The molecule has 0 fully saturated rings. The molecule has 66 valence electrons.